The summed E-state index contributed by atoms with van der Waals surface area (Å²) in [5.41, 5.74) is 2.99. The molecule has 0 amide bonds. The van der Waals surface area contributed by atoms with Gasteiger partial charge < -0.3 is 10.1 Å². The summed E-state index contributed by atoms with van der Waals surface area (Å²) in [4.78, 5) is 0. The van der Waals surface area contributed by atoms with Crippen LogP contribution in [0.3, 0.4) is 0 Å². The predicted octanol–water partition coefficient (Wildman–Crippen LogP) is 2.93. The number of ether oxygens (including phenoxy) is 1. The number of hydrogen-bond donors (Lipinski definition) is 1. The fourth-order valence-corrected chi connectivity index (χ4v) is 2.41. The highest BCUT2D eigenvalue weighted by molar-refractivity contribution is 5.32. The van der Waals surface area contributed by atoms with E-state index in [4.69, 9.17) is 4.74 Å². The summed E-state index contributed by atoms with van der Waals surface area (Å²) in [6, 6.07) is 8.65. The molecule has 0 radical (unpaired) electrons. The molecule has 2 atom stereocenters. The standard InChI is InChI=1S/C15H23NO/c1-15(2,3)14-9-11-7-5-6-8-12(11)13(17-14)10-16-4/h5-8,13-14,16H,9-10H2,1-4H3/t13-,14+/m0/s1. The maximum absolute atomic E-state index is 6.26. The number of hydrogen-bond acceptors (Lipinski definition) is 2. The van der Waals surface area contributed by atoms with Gasteiger partial charge >= 0.3 is 0 Å². The lowest BCUT2D eigenvalue weighted by molar-refractivity contribution is -0.0765. The Morgan fingerprint density at radius 1 is 1.29 bits per heavy atom. The van der Waals surface area contributed by atoms with Gasteiger partial charge in [0.1, 0.15) is 0 Å². The van der Waals surface area contributed by atoms with Crippen LogP contribution in [-0.2, 0) is 11.2 Å². The van der Waals surface area contributed by atoms with Crippen molar-refractivity contribution in [3.63, 3.8) is 0 Å². The van der Waals surface area contributed by atoms with E-state index in [1.54, 1.807) is 0 Å². The molecule has 0 fully saturated rings. The quantitative estimate of drug-likeness (QED) is 0.848. The summed E-state index contributed by atoms with van der Waals surface area (Å²) >= 11 is 0. The van der Waals surface area contributed by atoms with E-state index in [0.717, 1.165) is 13.0 Å². The van der Waals surface area contributed by atoms with Crippen molar-refractivity contribution < 1.29 is 4.74 Å². The Bertz CT molecular complexity index is 381. The predicted molar refractivity (Wildman–Crippen MR) is 71.1 cm³/mol. The summed E-state index contributed by atoms with van der Waals surface area (Å²) in [6.45, 7) is 7.63. The van der Waals surface area contributed by atoms with Crippen LogP contribution in [0, 0.1) is 5.41 Å². The van der Waals surface area contributed by atoms with Crippen LogP contribution in [0.1, 0.15) is 38.0 Å². The summed E-state index contributed by atoms with van der Waals surface area (Å²) in [5.74, 6) is 0. The molecule has 2 nitrogen and oxygen atoms in total. The molecule has 0 bridgehead atoms. The van der Waals surface area contributed by atoms with Crippen LogP contribution in [0.15, 0.2) is 24.3 Å². The molecule has 0 unspecified atom stereocenters. The Labute approximate surface area is 104 Å². The van der Waals surface area contributed by atoms with Gasteiger partial charge in [0.2, 0.25) is 0 Å². The minimum Gasteiger partial charge on any atom is -0.368 e. The number of likely N-dealkylation sites (N-methyl/N-ethyl adjacent to an activating group) is 1. The first-order valence-electron chi connectivity index (χ1n) is 6.40. The largest absolute Gasteiger partial charge is 0.368 e. The smallest absolute Gasteiger partial charge is 0.0955 e. The molecule has 2 heteroatoms. The van der Waals surface area contributed by atoms with Gasteiger partial charge in [0.05, 0.1) is 12.2 Å². The minimum absolute atomic E-state index is 0.189. The third kappa shape index (κ3) is 2.70. The van der Waals surface area contributed by atoms with Crippen molar-refractivity contribution in [2.24, 2.45) is 5.41 Å². The van der Waals surface area contributed by atoms with Crippen LogP contribution in [0.4, 0.5) is 0 Å². The van der Waals surface area contributed by atoms with E-state index in [0.29, 0.717) is 6.10 Å². The molecule has 1 N–H and O–H groups in total. The molecule has 1 aliphatic rings. The highest BCUT2D eigenvalue weighted by atomic mass is 16.5. The molecular formula is C15H23NO. The first-order valence-corrected chi connectivity index (χ1v) is 6.40. The second-order valence-electron chi connectivity index (χ2n) is 5.94. The van der Waals surface area contributed by atoms with E-state index in [-0.39, 0.29) is 11.5 Å². The number of fused-ring (bicyclic) bond motifs is 1. The molecule has 0 aromatic heterocycles. The van der Waals surface area contributed by atoms with E-state index in [1.807, 2.05) is 7.05 Å². The van der Waals surface area contributed by atoms with Gasteiger partial charge in [-0.15, -0.1) is 0 Å². The second-order valence-corrected chi connectivity index (χ2v) is 5.94. The highest BCUT2D eigenvalue weighted by Crippen LogP contribution is 2.36. The second kappa shape index (κ2) is 4.79. The van der Waals surface area contributed by atoms with Gasteiger partial charge in [-0.25, -0.2) is 0 Å². The van der Waals surface area contributed by atoms with Crippen LogP contribution in [0.2, 0.25) is 0 Å². The summed E-state index contributed by atoms with van der Waals surface area (Å²) in [7, 11) is 1.98. The number of nitrogens with one attached hydrogen (secondary N) is 1. The van der Waals surface area contributed by atoms with E-state index in [2.05, 4.69) is 50.4 Å². The molecule has 1 aliphatic heterocycles. The normalized spacial score (nSPS) is 24.5. The molecule has 1 heterocycles. The van der Waals surface area contributed by atoms with Crippen molar-refractivity contribution in [2.75, 3.05) is 13.6 Å². The fourth-order valence-electron chi connectivity index (χ4n) is 2.41. The van der Waals surface area contributed by atoms with Crippen LogP contribution >= 0.6 is 0 Å². The molecule has 1 aromatic carbocycles. The van der Waals surface area contributed by atoms with Crippen LogP contribution in [0.25, 0.3) is 0 Å². The SMILES string of the molecule is CNC[C@@H]1O[C@@H](C(C)(C)C)Cc2ccccc21. The zero-order chi connectivity index (χ0) is 12.5. The van der Waals surface area contributed by atoms with Gasteiger partial charge in [-0.05, 0) is 30.0 Å². The Hall–Kier alpha value is -0.860. The van der Waals surface area contributed by atoms with E-state index >= 15 is 0 Å². The van der Waals surface area contributed by atoms with Gasteiger partial charge in [0.15, 0.2) is 0 Å². The molecule has 0 saturated carbocycles. The van der Waals surface area contributed by atoms with Crippen molar-refractivity contribution in [1.29, 1.82) is 0 Å². The van der Waals surface area contributed by atoms with Crippen molar-refractivity contribution in [3.8, 4) is 0 Å². The first kappa shape index (κ1) is 12.6. The Morgan fingerprint density at radius 2 is 2.00 bits per heavy atom. The van der Waals surface area contributed by atoms with Crippen LogP contribution in [-0.4, -0.2) is 19.7 Å². The topological polar surface area (TPSA) is 21.3 Å². The van der Waals surface area contributed by atoms with Gasteiger partial charge in [0.25, 0.3) is 0 Å². The maximum Gasteiger partial charge on any atom is 0.0955 e. The van der Waals surface area contributed by atoms with Crippen molar-refractivity contribution in [2.45, 2.75) is 39.4 Å². The summed E-state index contributed by atoms with van der Waals surface area (Å²) in [5, 5.41) is 3.23. The van der Waals surface area contributed by atoms with Gasteiger partial charge in [0, 0.05) is 6.54 Å². The number of benzene rings is 1. The lowest BCUT2D eigenvalue weighted by Gasteiger charge is -2.39. The monoisotopic (exact) mass is 233 g/mol. The van der Waals surface area contributed by atoms with Gasteiger partial charge in [-0.2, -0.15) is 0 Å². The fraction of sp³-hybridized carbons (Fsp3) is 0.600. The Balaban J connectivity index is 2.29. The molecule has 2 rings (SSSR count). The summed E-state index contributed by atoms with van der Waals surface area (Å²) < 4.78 is 6.26. The first-order chi connectivity index (χ1) is 8.02. The highest BCUT2D eigenvalue weighted by Gasteiger charge is 2.33. The van der Waals surface area contributed by atoms with Crippen molar-refractivity contribution >= 4 is 0 Å². The Morgan fingerprint density at radius 3 is 2.65 bits per heavy atom. The molecule has 94 valence electrons. The molecule has 1 aromatic rings. The zero-order valence-corrected chi connectivity index (χ0v) is 11.3. The summed E-state index contributed by atoms with van der Waals surface area (Å²) in [6.07, 6.45) is 1.52. The molecule has 0 saturated heterocycles. The third-order valence-corrected chi connectivity index (χ3v) is 3.49. The average molecular weight is 233 g/mol. The van der Waals surface area contributed by atoms with E-state index in [9.17, 15) is 0 Å². The van der Waals surface area contributed by atoms with E-state index in [1.165, 1.54) is 11.1 Å². The Kier molecular flexibility index (Phi) is 3.55. The molecular weight excluding hydrogens is 210 g/mol. The van der Waals surface area contributed by atoms with Gasteiger partial charge in [-0.3, -0.25) is 0 Å². The van der Waals surface area contributed by atoms with Crippen LogP contribution in [0.5, 0.6) is 0 Å². The van der Waals surface area contributed by atoms with Crippen molar-refractivity contribution in [1.82, 2.24) is 5.32 Å². The maximum atomic E-state index is 6.26. The molecule has 17 heavy (non-hydrogen) atoms. The van der Waals surface area contributed by atoms with Crippen molar-refractivity contribution in [3.05, 3.63) is 35.4 Å². The zero-order valence-electron chi connectivity index (χ0n) is 11.3. The third-order valence-electron chi connectivity index (χ3n) is 3.49. The van der Waals surface area contributed by atoms with E-state index < -0.39 is 0 Å². The van der Waals surface area contributed by atoms with Gasteiger partial charge in [-0.1, -0.05) is 45.0 Å². The molecule has 0 aliphatic carbocycles. The lowest BCUT2D eigenvalue weighted by Crippen LogP contribution is -2.38. The minimum atomic E-state index is 0.189. The van der Waals surface area contributed by atoms with Crippen LogP contribution < -0.4 is 5.32 Å². The lowest BCUT2D eigenvalue weighted by atomic mass is 9.81. The average Bonchev–Trinajstić information content (AvgIpc) is 2.28. The number of rotatable bonds is 2. The molecule has 0 spiro atoms.